The highest BCUT2D eigenvalue weighted by Gasteiger charge is 2.31. The molecule has 1 unspecified atom stereocenters. The summed E-state index contributed by atoms with van der Waals surface area (Å²) in [6, 6.07) is 5.96. The molecule has 0 aliphatic heterocycles. The van der Waals surface area contributed by atoms with Crippen LogP contribution in [0.5, 0.6) is 0 Å². The molecule has 0 radical (unpaired) electrons. The second-order valence-corrected chi connectivity index (χ2v) is 5.66. The van der Waals surface area contributed by atoms with Gasteiger partial charge >= 0.3 is 6.36 Å². The van der Waals surface area contributed by atoms with Crippen LogP contribution in [0.3, 0.4) is 0 Å². The van der Waals surface area contributed by atoms with Crippen LogP contribution in [0.25, 0.3) is 0 Å². The molecule has 1 aromatic carbocycles. The van der Waals surface area contributed by atoms with E-state index in [0.29, 0.717) is 17.1 Å². The third-order valence-electron chi connectivity index (χ3n) is 2.44. The van der Waals surface area contributed by atoms with Crippen molar-refractivity contribution in [2.75, 3.05) is 5.75 Å². The van der Waals surface area contributed by atoms with Crippen molar-refractivity contribution in [1.29, 1.82) is 5.26 Å². The number of rotatable bonds is 5. The zero-order chi connectivity index (χ0) is 16.0. The van der Waals surface area contributed by atoms with Gasteiger partial charge in [-0.05, 0) is 25.0 Å². The number of alkyl halides is 3. The summed E-state index contributed by atoms with van der Waals surface area (Å²) in [5, 5.41) is 11.7. The summed E-state index contributed by atoms with van der Waals surface area (Å²) in [5.74, 6) is 0.433. The van der Waals surface area contributed by atoms with E-state index >= 15 is 0 Å². The van der Waals surface area contributed by atoms with Crippen LogP contribution in [0.1, 0.15) is 24.5 Å². The second kappa shape index (κ2) is 7.22. The molecule has 0 heterocycles. The lowest BCUT2D eigenvalue weighted by atomic mass is 10.1. The minimum absolute atomic E-state index is 0.131. The highest BCUT2D eigenvalue weighted by Crippen LogP contribution is 2.19. The Morgan fingerprint density at radius 1 is 1.48 bits per heavy atom. The second-order valence-electron chi connectivity index (χ2n) is 4.12. The largest absolute Gasteiger partial charge is 0.593 e. The van der Waals surface area contributed by atoms with E-state index in [1.165, 1.54) is 18.2 Å². The number of halogens is 3. The van der Waals surface area contributed by atoms with Crippen LogP contribution in [0, 0.1) is 18.3 Å². The van der Waals surface area contributed by atoms with Gasteiger partial charge < -0.3 is 0 Å². The molecule has 0 aliphatic rings. The molecular weight excluding hydrogens is 305 g/mol. The first-order chi connectivity index (χ1) is 9.78. The molecule has 0 saturated heterocycles. The van der Waals surface area contributed by atoms with E-state index in [2.05, 4.69) is 9.99 Å². The van der Waals surface area contributed by atoms with Crippen LogP contribution < -0.4 is 0 Å². The molecule has 0 spiro atoms. The van der Waals surface area contributed by atoms with E-state index in [1.807, 2.05) is 6.92 Å². The Bertz CT molecular complexity index is 606. The van der Waals surface area contributed by atoms with Crippen LogP contribution in [0.4, 0.5) is 13.2 Å². The lowest BCUT2D eigenvalue weighted by Gasteiger charge is -2.08. The summed E-state index contributed by atoms with van der Waals surface area (Å²) < 4.78 is 47.9. The fourth-order valence-electron chi connectivity index (χ4n) is 1.52. The van der Waals surface area contributed by atoms with Gasteiger partial charge in [0, 0.05) is 16.2 Å². The topological polar surface area (TPSA) is 62.5 Å². The lowest BCUT2D eigenvalue weighted by molar-refractivity contribution is -0.325. The quantitative estimate of drug-likeness (QED) is 0.618. The van der Waals surface area contributed by atoms with Crippen molar-refractivity contribution in [3.05, 3.63) is 29.3 Å². The number of aryl methyl sites for hydroxylation is 1. The molecule has 114 valence electrons. The van der Waals surface area contributed by atoms with E-state index in [1.54, 1.807) is 13.0 Å². The molecule has 0 amide bonds. The predicted molar refractivity (Wildman–Crippen MR) is 72.0 cm³/mol. The van der Waals surface area contributed by atoms with Crippen molar-refractivity contribution in [3.8, 4) is 6.07 Å². The molecule has 0 bridgehead atoms. The maximum Gasteiger partial charge on any atom is 0.593 e. The molecular formula is C13H13F3N2O2S. The SMILES string of the molecule is CCCS(=O)c1cc(/C(C#N)=N/OC(F)(F)F)ccc1C. The maximum absolute atomic E-state index is 12.0. The van der Waals surface area contributed by atoms with Crippen LogP contribution in [0.15, 0.2) is 28.3 Å². The van der Waals surface area contributed by atoms with Gasteiger partial charge in [-0.1, -0.05) is 24.2 Å². The van der Waals surface area contributed by atoms with Gasteiger partial charge in [-0.25, -0.2) is 0 Å². The molecule has 1 aromatic rings. The first kappa shape index (κ1) is 17.2. The smallest absolute Gasteiger partial charge is 0.293 e. The van der Waals surface area contributed by atoms with Gasteiger partial charge in [0.2, 0.25) is 0 Å². The normalized spacial score (nSPS) is 13.6. The van der Waals surface area contributed by atoms with Gasteiger partial charge in [-0.2, -0.15) is 5.26 Å². The van der Waals surface area contributed by atoms with Crippen molar-refractivity contribution in [1.82, 2.24) is 0 Å². The summed E-state index contributed by atoms with van der Waals surface area (Å²) in [5.41, 5.74) is 0.341. The van der Waals surface area contributed by atoms with Crippen LogP contribution in [0.2, 0.25) is 0 Å². The van der Waals surface area contributed by atoms with Crippen molar-refractivity contribution >= 4 is 16.5 Å². The van der Waals surface area contributed by atoms with Crippen molar-refractivity contribution in [2.24, 2.45) is 5.16 Å². The number of benzene rings is 1. The fourth-order valence-corrected chi connectivity index (χ4v) is 2.80. The summed E-state index contributed by atoms with van der Waals surface area (Å²) in [4.78, 5) is 3.78. The molecule has 21 heavy (non-hydrogen) atoms. The Balaban J connectivity index is 3.16. The lowest BCUT2D eigenvalue weighted by Crippen LogP contribution is -2.11. The molecule has 0 fully saturated rings. The Labute approximate surface area is 122 Å². The van der Waals surface area contributed by atoms with Crippen LogP contribution >= 0.6 is 0 Å². The van der Waals surface area contributed by atoms with Gasteiger partial charge in [0.1, 0.15) is 6.07 Å². The minimum atomic E-state index is -4.96. The zero-order valence-corrected chi connectivity index (χ0v) is 12.2. The molecule has 0 aromatic heterocycles. The molecule has 8 heteroatoms. The van der Waals surface area contributed by atoms with Gasteiger partial charge in [0.05, 0.1) is 10.8 Å². The van der Waals surface area contributed by atoms with Crippen molar-refractivity contribution in [2.45, 2.75) is 31.5 Å². The molecule has 0 aliphatic carbocycles. The number of nitriles is 1. The number of hydrogen-bond acceptors (Lipinski definition) is 4. The minimum Gasteiger partial charge on any atom is -0.293 e. The highest BCUT2D eigenvalue weighted by atomic mass is 32.2. The summed E-state index contributed by atoms with van der Waals surface area (Å²) >= 11 is 0. The summed E-state index contributed by atoms with van der Waals surface area (Å²) in [7, 11) is -1.27. The Morgan fingerprint density at radius 2 is 2.14 bits per heavy atom. The van der Waals surface area contributed by atoms with Gasteiger partial charge in [0.25, 0.3) is 0 Å². The zero-order valence-electron chi connectivity index (χ0n) is 11.4. The average molecular weight is 318 g/mol. The predicted octanol–water partition coefficient (Wildman–Crippen LogP) is 3.28. The van der Waals surface area contributed by atoms with E-state index in [9.17, 15) is 17.4 Å². The maximum atomic E-state index is 12.0. The Morgan fingerprint density at radius 3 is 2.67 bits per heavy atom. The number of oxime groups is 1. The van der Waals surface area contributed by atoms with Gasteiger partial charge in [-0.15, -0.1) is 13.2 Å². The van der Waals surface area contributed by atoms with Gasteiger partial charge in [-0.3, -0.25) is 9.05 Å². The molecule has 0 N–H and O–H groups in total. The Kier molecular flexibility index (Phi) is 5.90. The molecule has 1 rings (SSSR count). The third-order valence-corrected chi connectivity index (χ3v) is 4.15. The van der Waals surface area contributed by atoms with Crippen LogP contribution in [-0.4, -0.2) is 22.0 Å². The van der Waals surface area contributed by atoms with E-state index < -0.39 is 22.9 Å². The van der Waals surface area contributed by atoms with Crippen molar-refractivity contribution in [3.63, 3.8) is 0 Å². The average Bonchev–Trinajstić information content (AvgIpc) is 2.40. The third kappa shape index (κ3) is 5.19. The fraction of sp³-hybridized carbons (Fsp3) is 0.385. The highest BCUT2D eigenvalue weighted by molar-refractivity contribution is 7.85. The monoisotopic (exact) mass is 318 g/mol. The number of hydrogen-bond donors (Lipinski definition) is 0. The summed E-state index contributed by atoms with van der Waals surface area (Å²) in [6.45, 7) is 3.61. The molecule has 0 saturated carbocycles. The molecule has 4 nitrogen and oxygen atoms in total. The van der Waals surface area contributed by atoms with Crippen molar-refractivity contribution < 1.29 is 22.2 Å². The van der Waals surface area contributed by atoms with Gasteiger partial charge in [0.15, 0.2) is 5.71 Å². The first-order valence-corrected chi connectivity index (χ1v) is 7.32. The first-order valence-electron chi connectivity index (χ1n) is 6.01. The Hall–Kier alpha value is -1.88. The van der Waals surface area contributed by atoms with E-state index in [-0.39, 0.29) is 5.56 Å². The van der Waals surface area contributed by atoms with E-state index in [0.717, 1.165) is 5.56 Å². The van der Waals surface area contributed by atoms with Crippen LogP contribution in [-0.2, 0) is 15.6 Å². The standard InChI is InChI=1S/C13H13F3N2O2S/c1-3-6-21(19)12-7-10(5-4-9(12)2)11(8-17)18-20-13(14,15)16/h4-5,7H,3,6H2,1-2H3/b18-11+. The summed E-state index contributed by atoms with van der Waals surface area (Å²) in [6.07, 6.45) is -4.26. The number of nitrogens with zero attached hydrogens (tertiary/aromatic N) is 2. The van der Waals surface area contributed by atoms with E-state index in [4.69, 9.17) is 5.26 Å². The molecule has 1 atom stereocenters.